The summed E-state index contributed by atoms with van der Waals surface area (Å²) in [6, 6.07) is 0. The first-order chi connectivity index (χ1) is 7.93. The van der Waals surface area contributed by atoms with E-state index < -0.39 is 37.2 Å². The van der Waals surface area contributed by atoms with Crippen LogP contribution in [0.25, 0.3) is 0 Å². The summed E-state index contributed by atoms with van der Waals surface area (Å²) in [5.74, 6) is 0. The molecular formula is C10H21O7P. The molecule has 8 heteroatoms. The number of aliphatic hydroxyl groups excluding tert-OH is 2. The zero-order chi connectivity index (χ0) is 14.4. The van der Waals surface area contributed by atoms with Crippen LogP contribution in [-0.2, 0) is 13.8 Å². The van der Waals surface area contributed by atoms with E-state index in [1.807, 2.05) is 0 Å². The molecule has 1 aliphatic heterocycles. The molecule has 0 aromatic rings. The fourth-order valence-electron chi connectivity index (χ4n) is 2.33. The summed E-state index contributed by atoms with van der Waals surface area (Å²) in [4.78, 5) is 17.7. The van der Waals surface area contributed by atoms with Crippen LogP contribution in [-0.4, -0.2) is 45.1 Å². The summed E-state index contributed by atoms with van der Waals surface area (Å²) in [7, 11) is -4.74. The number of hydrogen-bond donors (Lipinski definition) is 4. The molecule has 4 N–H and O–H groups in total. The van der Waals surface area contributed by atoms with Crippen LogP contribution < -0.4 is 0 Å². The standard InChI is InChI=1S/C10H21O7P/c1-9(2)6(5-11)16-8(17-18(13,14)15)10(3,4)7(9)12/h6-8,11-12H,5H2,1-4H3,(H2,13,14,15)/t6?,7-,8-/m0/s1. The Labute approximate surface area is 106 Å². The van der Waals surface area contributed by atoms with Crippen molar-refractivity contribution in [2.45, 2.75) is 46.2 Å². The molecule has 1 fully saturated rings. The van der Waals surface area contributed by atoms with Gasteiger partial charge in [-0.3, -0.25) is 4.52 Å². The van der Waals surface area contributed by atoms with E-state index in [2.05, 4.69) is 4.52 Å². The van der Waals surface area contributed by atoms with Gasteiger partial charge >= 0.3 is 7.82 Å². The number of rotatable bonds is 3. The highest BCUT2D eigenvalue weighted by Crippen LogP contribution is 2.51. The number of ether oxygens (including phenoxy) is 1. The highest BCUT2D eigenvalue weighted by molar-refractivity contribution is 7.46. The first-order valence-corrected chi connectivity index (χ1v) is 7.14. The van der Waals surface area contributed by atoms with Crippen LogP contribution >= 0.6 is 7.82 Å². The highest BCUT2D eigenvalue weighted by atomic mass is 31.2. The lowest BCUT2D eigenvalue weighted by atomic mass is 9.66. The predicted octanol–water partition coefficient (Wildman–Crippen LogP) is 0.226. The summed E-state index contributed by atoms with van der Waals surface area (Å²) < 4.78 is 20.8. The molecule has 0 aromatic carbocycles. The molecule has 7 nitrogen and oxygen atoms in total. The average Bonchev–Trinajstić information content (AvgIpc) is 2.18. The van der Waals surface area contributed by atoms with Crippen molar-refractivity contribution in [1.29, 1.82) is 0 Å². The SMILES string of the molecule is CC1(C)C(CO)O[C@@H](OP(=O)(O)O)C(C)(C)[C@H]1O. The minimum absolute atomic E-state index is 0.374. The Balaban J connectivity index is 3.04. The zero-order valence-electron chi connectivity index (χ0n) is 10.9. The molecule has 1 heterocycles. The molecule has 1 rings (SSSR count). The van der Waals surface area contributed by atoms with Crippen LogP contribution in [0.1, 0.15) is 27.7 Å². The van der Waals surface area contributed by atoms with Gasteiger partial charge in [-0.15, -0.1) is 0 Å². The summed E-state index contributed by atoms with van der Waals surface area (Å²) in [5, 5.41) is 19.6. The second-order valence-electron chi connectivity index (χ2n) is 5.78. The summed E-state index contributed by atoms with van der Waals surface area (Å²) in [5.41, 5.74) is -1.77. The predicted molar refractivity (Wildman–Crippen MR) is 62.4 cm³/mol. The van der Waals surface area contributed by atoms with E-state index in [1.165, 1.54) is 0 Å². The van der Waals surface area contributed by atoms with E-state index in [-0.39, 0.29) is 6.61 Å². The first kappa shape index (κ1) is 16.0. The molecule has 0 saturated carbocycles. The highest BCUT2D eigenvalue weighted by Gasteiger charge is 2.56. The average molecular weight is 284 g/mol. The number of phosphoric ester groups is 1. The zero-order valence-corrected chi connectivity index (χ0v) is 11.8. The van der Waals surface area contributed by atoms with Crippen molar-refractivity contribution in [2.75, 3.05) is 6.61 Å². The van der Waals surface area contributed by atoms with Gasteiger partial charge in [-0.25, -0.2) is 4.57 Å². The molecule has 1 unspecified atom stereocenters. The molecule has 1 saturated heterocycles. The van der Waals surface area contributed by atoms with Gasteiger partial charge in [0.05, 0.1) is 18.8 Å². The Morgan fingerprint density at radius 1 is 1.22 bits per heavy atom. The first-order valence-electron chi connectivity index (χ1n) is 5.61. The summed E-state index contributed by atoms with van der Waals surface area (Å²) >= 11 is 0. The van der Waals surface area contributed by atoms with Gasteiger partial charge in [-0.2, -0.15) is 0 Å². The van der Waals surface area contributed by atoms with E-state index in [0.717, 1.165) is 0 Å². The van der Waals surface area contributed by atoms with Crippen molar-refractivity contribution < 1.29 is 33.8 Å². The van der Waals surface area contributed by atoms with Crippen molar-refractivity contribution in [3.63, 3.8) is 0 Å². The number of phosphoric acid groups is 1. The lowest BCUT2D eigenvalue weighted by Crippen LogP contribution is -2.61. The minimum atomic E-state index is -4.74. The van der Waals surface area contributed by atoms with Gasteiger partial charge in [0.15, 0.2) is 6.29 Å². The summed E-state index contributed by atoms with van der Waals surface area (Å²) in [6.45, 7) is 6.24. The molecule has 18 heavy (non-hydrogen) atoms. The smallest absolute Gasteiger partial charge is 0.394 e. The van der Waals surface area contributed by atoms with Crippen LogP contribution in [0.3, 0.4) is 0 Å². The maximum Gasteiger partial charge on any atom is 0.471 e. The normalized spacial score (nSPS) is 35.4. The molecule has 0 amide bonds. The van der Waals surface area contributed by atoms with Crippen LogP contribution in [0.2, 0.25) is 0 Å². The van der Waals surface area contributed by atoms with E-state index in [1.54, 1.807) is 27.7 Å². The van der Waals surface area contributed by atoms with E-state index in [0.29, 0.717) is 0 Å². The summed E-state index contributed by atoms with van der Waals surface area (Å²) in [6.07, 6.45) is -3.01. The number of aliphatic hydroxyl groups is 2. The van der Waals surface area contributed by atoms with Gasteiger partial charge in [0.2, 0.25) is 0 Å². The second kappa shape index (κ2) is 4.83. The number of hydrogen-bond acceptors (Lipinski definition) is 5. The van der Waals surface area contributed by atoms with Crippen LogP contribution in [0, 0.1) is 10.8 Å². The second-order valence-corrected chi connectivity index (χ2v) is 6.97. The largest absolute Gasteiger partial charge is 0.471 e. The molecule has 3 atom stereocenters. The van der Waals surface area contributed by atoms with Crippen LogP contribution in [0.5, 0.6) is 0 Å². The molecule has 0 bridgehead atoms. The van der Waals surface area contributed by atoms with Crippen LogP contribution in [0.4, 0.5) is 0 Å². The van der Waals surface area contributed by atoms with E-state index in [9.17, 15) is 14.8 Å². The lowest BCUT2D eigenvalue weighted by Gasteiger charge is -2.53. The third-order valence-electron chi connectivity index (χ3n) is 3.53. The maximum atomic E-state index is 10.9. The third-order valence-corrected chi connectivity index (χ3v) is 4.00. The molecule has 0 aromatic heterocycles. The van der Waals surface area contributed by atoms with Crippen molar-refractivity contribution >= 4 is 7.82 Å². The van der Waals surface area contributed by atoms with Crippen molar-refractivity contribution in [1.82, 2.24) is 0 Å². The van der Waals surface area contributed by atoms with Gasteiger partial charge in [0, 0.05) is 10.8 Å². The molecule has 0 spiro atoms. The van der Waals surface area contributed by atoms with E-state index >= 15 is 0 Å². The quantitative estimate of drug-likeness (QED) is 0.548. The molecule has 108 valence electrons. The van der Waals surface area contributed by atoms with Gasteiger partial charge in [0.1, 0.15) is 0 Å². The fraction of sp³-hybridized carbons (Fsp3) is 1.00. The Hall–Kier alpha value is -0.0100. The van der Waals surface area contributed by atoms with Gasteiger partial charge in [-0.05, 0) is 0 Å². The Morgan fingerprint density at radius 2 is 1.72 bits per heavy atom. The van der Waals surface area contributed by atoms with Crippen LogP contribution in [0.15, 0.2) is 0 Å². The van der Waals surface area contributed by atoms with Gasteiger partial charge in [0.25, 0.3) is 0 Å². The Bertz CT molecular complexity index is 348. The maximum absolute atomic E-state index is 10.9. The fourth-order valence-corrected chi connectivity index (χ4v) is 2.90. The van der Waals surface area contributed by atoms with Crippen molar-refractivity contribution in [3.8, 4) is 0 Å². The van der Waals surface area contributed by atoms with Crippen molar-refractivity contribution in [3.05, 3.63) is 0 Å². The molecule has 1 aliphatic rings. The topological polar surface area (TPSA) is 116 Å². The monoisotopic (exact) mass is 284 g/mol. The third kappa shape index (κ3) is 2.93. The van der Waals surface area contributed by atoms with Gasteiger partial charge < -0.3 is 24.7 Å². The molecule has 0 aliphatic carbocycles. The Morgan fingerprint density at radius 3 is 2.11 bits per heavy atom. The van der Waals surface area contributed by atoms with Gasteiger partial charge in [-0.1, -0.05) is 27.7 Å². The lowest BCUT2D eigenvalue weighted by molar-refractivity contribution is -0.300. The molecular weight excluding hydrogens is 263 g/mol. The van der Waals surface area contributed by atoms with Crippen molar-refractivity contribution in [2.24, 2.45) is 10.8 Å². The van der Waals surface area contributed by atoms with E-state index in [4.69, 9.17) is 14.5 Å². The minimum Gasteiger partial charge on any atom is -0.394 e. The Kier molecular flexibility index (Phi) is 4.31. The molecule has 0 radical (unpaired) electrons.